The molecule has 0 bridgehead atoms. The Morgan fingerprint density at radius 1 is 1.23 bits per heavy atom. The van der Waals surface area contributed by atoms with E-state index in [0.717, 1.165) is 5.56 Å². The van der Waals surface area contributed by atoms with E-state index in [0.29, 0.717) is 42.5 Å². The molecule has 4 rings (SSSR count). The zero-order chi connectivity index (χ0) is 21.6. The number of hydrogen-bond donors (Lipinski definition) is 2. The van der Waals surface area contributed by atoms with E-state index < -0.39 is 6.03 Å². The van der Waals surface area contributed by atoms with E-state index in [-0.39, 0.29) is 18.5 Å². The summed E-state index contributed by atoms with van der Waals surface area (Å²) in [5.74, 6) is 1.43. The average Bonchev–Trinajstić information content (AvgIpc) is 3.40. The van der Waals surface area contributed by atoms with Gasteiger partial charge in [-0.2, -0.15) is 4.98 Å². The fourth-order valence-electron chi connectivity index (χ4n) is 3.48. The molecule has 9 nitrogen and oxygen atoms in total. The highest BCUT2D eigenvalue weighted by Crippen LogP contribution is 2.33. The number of benzene rings is 2. The Morgan fingerprint density at radius 2 is 2.06 bits per heavy atom. The van der Waals surface area contributed by atoms with Crippen LogP contribution in [0.2, 0.25) is 0 Å². The summed E-state index contributed by atoms with van der Waals surface area (Å²) in [7, 11) is 1.56. The van der Waals surface area contributed by atoms with Gasteiger partial charge in [-0.25, -0.2) is 4.79 Å². The van der Waals surface area contributed by atoms with Gasteiger partial charge in [-0.3, -0.25) is 4.79 Å². The Hall–Kier alpha value is -3.88. The summed E-state index contributed by atoms with van der Waals surface area (Å²) in [6, 6.07) is 16.2. The molecule has 1 aliphatic heterocycles. The number of nitrogens with one attached hydrogen (secondary N) is 2. The summed E-state index contributed by atoms with van der Waals surface area (Å²) in [6.45, 7) is 0.585. The summed E-state index contributed by atoms with van der Waals surface area (Å²) in [5.41, 5.74) is 1.64. The van der Waals surface area contributed by atoms with Crippen molar-refractivity contribution in [2.75, 3.05) is 12.4 Å². The zero-order valence-electron chi connectivity index (χ0n) is 17.1. The van der Waals surface area contributed by atoms with Gasteiger partial charge in [-0.1, -0.05) is 41.6 Å². The first-order valence-corrected chi connectivity index (χ1v) is 9.97. The molecule has 3 aromatic rings. The maximum Gasteiger partial charge on any atom is 0.319 e. The molecule has 0 spiro atoms. The predicted octanol–water partition coefficient (Wildman–Crippen LogP) is 3.26. The Balaban J connectivity index is 1.35. The number of anilines is 1. The number of nitrogens with zero attached hydrogens (tertiary/aromatic N) is 3. The van der Waals surface area contributed by atoms with Crippen LogP contribution in [0, 0.1) is 0 Å². The number of methoxy groups -OCH3 is 1. The number of aromatic nitrogens is 2. The molecular formula is C22H23N5O4. The van der Waals surface area contributed by atoms with Crippen molar-refractivity contribution >= 4 is 17.6 Å². The van der Waals surface area contributed by atoms with Crippen molar-refractivity contribution in [3.8, 4) is 5.75 Å². The second kappa shape index (κ2) is 9.29. The fourth-order valence-corrected chi connectivity index (χ4v) is 3.48. The summed E-state index contributed by atoms with van der Waals surface area (Å²) in [6.07, 6.45) is 1.06. The lowest BCUT2D eigenvalue weighted by molar-refractivity contribution is -0.130. The first-order valence-electron chi connectivity index (χ1n) is 9.97. The molecule has 1 aliphatic rings. The molecule has 0 aliphatic carbocycles. The van der Waals surface area contributed by atoms with E-state index >= 15 is 0 Å². The molecule has 160 valence electrons. The summed E-state index contributed by atoms with van der Waals surface area (Å²) < 4.78 is 10.5. The highest BCUT2D eigenvalue weighted by molar-refractivity contribution is 5.89. The van der Waals surface area contributed by atoms with E-state index in [9.17, 15) is 9.59 Å². The van der Waals surface area contributed by atoms with Gasteiger partial charge in [0.1, 0.15) is 11.8 Å². The van der Waals surface area contributed by atoms with Crippen LogP contribution >= 0.6 is 0 Å². The first-order chi connectivity index (χ1) is 15.1. The third kappa shape index (κ3) is 5.00. The number of carbonyl (C=O) groups is 2. The third-order valence-electron chi connectivity index (χ3n) is 5.03. The van der Waals surface area contributed by atoms with Crippen LogP contribution < -0.4 is 15.4 Å². The van der Waals surface area contributed by atoms with E-state index in [1.165, 1.54) is 0 Å². The molecule has 1 atom stereocenters. The average molecular weight is 421 g/mol. The Labute approximate surface area is 179 Å². The topological polar surface area (TPSA) is 110 Å². The van der Waals surface area contributed by atoms with Crippen LogP contribution in [0.3, 0.4) is 0 Å². The maximum absolute atomic E-state index is 12.4. The number of amides is 3. The van der Waals surface area contributed by atoms with Gasteiger partial charge in [0, 0.05) is 24.7 Å². The van der Waals surface area contributed by atoms with Gasteiger partial charge >= 0.3 is 6.03 Å². The van der Waals surface area contributed by atoms with Crippen LogP contribution in [-0.2, 0) is 17.9 Å². The van der Waals surface area contributed by atoms with Crippen molar-refractivity contribution in [1.82, 2.24) is 20.4 Å². The predicted molar refractivity (Wildman–Crippen MR) is 112 cm³/mol. The summed E-state index contributed by atoms with van der Waals surface area (Å²) in [5, 5.41) is 9.36. The quantitative estimate of drug-likeness (QED) is 0.606. The largest absolute Gasteiger partial charge is 0.497 e. The molecule has 0 saturated carbocycles. The molecule has 0 unspecified atom stereocenters. The van der Waals surface area contributed by atoms with Gasteiger partial charge in [0.05, 0.1) is 13.7 Å². The Bertz CT molecular complexity index is 1050. The van der Waals surface area contributed by atoms with Crippen molar-refractivity contribution in [3.63, 3.8) is 0 Å². The van der Waals surface area contributed by atoms with Crippen LogP contribution in [0.15, 0.2) is 59.1 Å². The third-order valence-corrected chi connectivity index (χ3v) is 5.03. The molecule has 0 radical (unpaired) electrons. The number of carbonyl (C=O) groups excluding carboxylic acids is 2. The first kappa shape index (κ1) is 20.4. The van der Waals surface area contributed by atoms with Crippen LogP contribution in [0.5, 0.6) is 5.75 Å². The van der Waals surface area contributed by atoms with Crippen molar-refractivity contribution in [2.24, 2.45) is 0 Å². The maximum atomic E-state index is 12.4. The van der Waals surface area contributed by atoms with Gasteiger partial charge in [-0.05, 0) is 24.1 Å². The number of rotatable bonds is 7. The van der Waals surface area contributed by atoms with Crippen molar-refractivity contribution in [2.45, 2.75) is 32.0 Å². The molecule has 9 heteroatoms. The normalized spacial score (nSPS) is 15.7. The highest BCUT2D eigenvalue weighted by Gasteiger charge is 2.35. The molecule has 1 fully saturated rings. The fraction of sp³-hybridized carbons (Fsp3) is 0.273. The van der Waals surface area contributed by atoms with Crippen LogP contribution in [0.25, 0.3) is 0 Å². The monoisotopic (exact) mass is 421 g/mol. The van der Waals surface area contributed by atoms with Gasteiger partial charge in [-0.15, -0.1) is 0 Å². The van der Waals surface area contributed by atoms with E-state index in [1.807, 2.05) is 30.3 Å². The second-order valence-electron chi connectivity index (χ2n) is 7.15. The second-order valence-corrected chi connectivity index (χ2v) is 7.15. The number of likely N-dealkylation sites (tertiary alicyclic amines) is 1. The molecule has 1 aromatic heterocycles. The molecule has 2 heterocycles. The van der Waals surface area contributed by atoms with Gasteiger partial charge < -0.3 is 24.8 Å². The molecule has 1 saturated heterocycles. The lowest BCUT2D eigenvalue weighted by Gasteiger charge is -2.22. The molecule has 3 amide bonds. The van der Waals surface area contributed by atoms with Crippen molar-refractivity contribution < 1.29 is 18.8 Å². The molecule has 2 N–H and O–H groups in total. The number of urea groups is 1. The number of hydrogen-bond acceptors (Lipinski definition) is 6. The lowest BCUT2D eigenvalue weighted by atomic mass is 10.2. The van der Waals surface area contributed by atoms with E-state index in [4.69, 9.17) is 9.26 Å². The van der Waals surface area contributed by atoms with E-state index in [2.05, 4.69) is 20.8 Å². The minimum Gasteiger partial charge on any atom is -0.497 e. The Kier molecular flexibility index (Phi) is 6.11. The molecule has 2 aromatic carbocycles. The van der Waals surface area contributed by atoms with Gasteiger partial charge in [0.2, 0.25) is 11.8 Å². The summed E-state index contributed by atoms with van der Waals surface area (Å²) >= 11 is 0. The molecule has 31 heavy (non-hydrogen) atoms. The van der Waals surface area contributed by atoms with Crippen LogP contribution in [-0.4, -0.2) is 34.1 Å². The minimum atomic E-state index is -0.402. The van der Waals surface area contributed by atoms with Gasteiger partial charge in [0.15, 0.2) is 5.82 Å². The highest BCUT2D eigenvalue weighted by atomic mass is 16.5. The SMILES string of the molecule is COc1cccc(NC(=O)NCc2noc([C@@H]3CCC(=O)N3Cc3ccccc3)n2)c1. The zero-order valence-corrected chi connectivity index (χ0v) is 17.1. The van der Waals surface area contributed by atoms with Crippen molar-refractivity contribution in [1.29, 1.82) is 0 Å². The number of ether oxygens (including phenoxy) is 1. The van der Waals surface area contributed by atoms with Crippen LogP contribution in [0.4, 0.5) is 10.5 Å². The lowest BCUT2D eigenvalue weighted by Crippen LogP contribution is -2.29. The summed E-state index contributed by atoms with van der Waals surface area (Å²) in [4.78, 5) is 30.7. The smallest absolute Gasteiger partial charge is 0.319 e. The standard InChI is InChI=1S/C22H23N5O4/c1-30-17-9-5-8-16(12-17)24-22(29)23-13-19-25-21(31-26-19)18-10-11-20(28)27(18)14-15-6-3-2-4-7-15/h2-9,12,18H,10-11,13-14H2,1H3,(H2,23,24,29)/t18-/m0/s1. The molecular weight excluding hydrogens is 398 g/mol. The van der Waals surface area contributed by atoms with E-state index in [1.54, 1.807) is 36.3 Å². The van der Waals surface area contributed by atoms with Crippen LogP contribution in [0.1, 0.15) is 36.2 Å². The minimum absolute atomic E-state index is 0.0596. The van der Waals surface area contributed by atoms with Crippen molar-refractivity contribution in [3.05, 3.63) is 71.9 Å². The Morgan fingerprint density at radius 3 is 2.87 bits per heavy atom. The van der Waals surface area contributed by atoms with Gasteiger partial charge in [0.25, 0.3) is 0 Å².